The average Bonchev–Trinajstić information content (AvgIpc) is 3.11. The van der Waals surface area contributed by atoms with Crippen LogP contribution in [0.3, 0.4) is 0 Å². The van der Waals surface area contributed by atoms with Crippen molar-refractivity contribution in [2.75, 3.05) is 19.7 Å². The number of hydrogen-bond donors (Lipinski definition) is 9. The fourth-order valence-corrected chi connectivity index (χ4v) is 7.92. The molecule has 0 aromatic heterocycles. The van der Waals surface area contributed by atoms with Crippen LogP contribution in [0.2, 0.25) is 0 Å². The summed E-state index contributed by atoms with van der Waals surface area (Å²) in [6.07, 6.45) is -9.92. The van der Waals surface area contributed by atoms with Crippen molar-refractivity contribution in [2.24, 2.45) is 23.5 Å². The van der Waals surface area contributed by atoms with Gasteiger partial charge in [0.2, 0.25) is 11.8 Å². The van der Waals surface area contributed by atoms with E-state index in [4.69, 9.17) is 29.4 Å². The summed E-state index contributed by atoms with van der Waals surface area (Å²) in [4.78, 5) is 38.3. The second kappa shape index (κ2) is 19.3. The molecule has 17 heteroatoms. The minimum Gasteiger partial charge on any atom is -0.479 e. The van der Waals surface area contributed by atoms with Gasteiger partial charge in [-0.05, 0) is 38.0 Å². The highest BCUT2D eigenvalue weighted by molar-refractivity contribution is 5.78. The molecule has 2 saturated heterocycles. The molecule has 0 aromatic carbocycles. The molecule has 15 atom stereocenters. The lowest BCUT2D eigenvalue weighted by atomic mass is 9.75. The van der Waals surface area contributed by atoms with E-state index in [2.05, 4.69) is 10.6 Å². The monoisotopic (exact) mass is 733 g/mol. The second-order valence-corrected chi connectivity index (χ2v) is 14.5. The van der Waals surface area contributed by atoms with Gasteiger partial charge in [0.15, 0.2) is 18.7 Å². The maximum Gasteiger partial charge on any atom is 0.332 e. The summed E-state index contributed by atoms with van der Waals surface area (Å²) in [5.74, 6) is -2.91. The van der Waals surface area contributed by atoms with E-state index in [1.807, 2.05) is 6.92 Å². The van der Waals surface area contributed by atoms with Gasteiger partial charge in [-0.2, -0.15) is 0 Å². The van der Waals surface area contributed by atoms with Crippen LogP contribution in [-0.2, 0) is 38.1 Å². The molecule has 4 rings (SSSR count). The molecule has 17 nitrogen and oxygen atoms in total. The fraction of sp³-hybridized carbons (Fsp3) is 0.912. The van der Waals surface area contributed by atoms with Gasteiger partial charge in [0.05, 0.1) is 24.9 Å². The Morgan fingerprint density at radius 3 is 2.24 bits per heavy atom. The molecule has 4 fully saturated rings. The number of carboxylic acids is 1. The smallest absolute Gasteiger partial charge is 0.332 e. The first-order chi connectivity index (χ1) is 24.3. The zero-order chi connectivity index (χ0) is 37.4. The first-order valence-corrected chi connectivity index (χ1v) is 18.4. The van der Waals surface area contributed by atoms with Gasteiger partial charge in [-0.15, -0.1) is 0 Å². The number of rotatable bonds is 15. The average molecular weight is 734 g/mol. The third kappa shape index (κ3) is 10.6. The van der Waals surface area contributed by atoms with Crippen LogP contribution in [0.1, 0.15) is 78.6 Å². The van der Waals surface area contributed by atoms with E-state index in [1.165, 1.54) is 13.8 Å². The van der Waals surface area contributed by atoms with E-state index in [1.54, 1.807) is 0 Å². The molecule has 2 aliphatic carbocycles. The molecule has 0 aromatic rings. The number of carbonyl (C=O) groups is 3. The number of carbonyl (C=O) groups excluding carboxylic acids is 2. The highest BCUT2D eigenvalue weighted by atomic mass is 16.7. The number of carboxylic acid groups (broad SMARTS) is 1. The minimum absolute atomic E-state index is 0.0606. The normalized spacial score (nSPS) is 39.9. The van der Waals surface area contributed by atoms with Crippen molar-refractivity contribution in [2.45, 2.75) is 158 Å². The number of aliphatic hydroxyl groups is 5. The van der Waals surface area contributed by atoms with Crippen molar-refractivity contribution >= 4 is 17.8 Å². The Hall–Kier alpha value is -2.03. The molecule has 2 amide bonds. The number of aliphatic carboxylic acids is 1. The van der Waals surface area contributed by atoms with Crippen LogP contribution in [0.15, 0.2) is 0 Å². The van der Waals surface area contributed by atoms with Crippen LogP contribution in [0.4, 0.5) is 0 Å². The lowest BCUT2D eigenvalue weighted by Crippen LogP contribution is -2.67. The Labute approximate surface area is 298 Å². The SMILES string of the molecule is CCC1CC(C(=O)NCCN)C[C@@H](O[C@@H]2OC(CO)[C@H](O)C(O[C@@H](CC3CCCCC3)C(=O)O)C2NC(C)=O)C1OC1O[C@@H](C)C(O)C(O)[C@@H]1O. The van der Waals surface area contributed by atoms with Crippen LogP contribution in [0.25, 0.3) is 0 Å². The summed E-state index contributed by atoms with van der Waals surface area (Å²) >= 11 is 0. The zero-order valence-electron chi connectivity index (χ0n) is 29.7. The predicted octanol–water partition coefficient (Wildman–Crippen LogP) is -1.51. The second-order valence-electron chi connectivity index (χ2n) is 14.5. The molecule has 0 bridgehead atoms. The Balaban J connectivity index is 1.66. The fourth-order valence-electron chi connectivity index (χ4n) is 7.92. The Bertz CT molecular complexity index is 1130. The molecular formula is C34H59N3O14. The quantitative estimate of drug-likeness (QED) is 0.0926. The molecule has 9 unspecified atom stereocenters. The van der Waals surface area contributed by atoms with Crippen LogP contribution in [-0.4, -0.2) is 148 Å². The standard InChI is InChI=1S/C34H59N3O14/c1-4-19-13-20(31(44)36-11-10-35)14-21(29(19)51-34-28(43)27(42)25(40)16(2)47-34)49-33-24(37-17(3)39)30(26(41)23(15-38)50-33)48-22(32(45)46)12-18-8-6-5-7-9-18/h16,18-30,33-34,38,40-43H,4-15,35H2,1-3H3,(H,36,44)(H,37,39)(H,45,46)/t16-,19?,20?,21+,22-,23?,24?,25?,26-,27?,28-,29?,30?,33+,34?/m0/s1. The van der Waals surface area contributed by atoms with Crippen LogP contribution in [0.5, 0.6) is 0 Å². The molecule has 0 radical (unpaired) electrons. The van der Waals surface area contributed by atoms with Crippen molar-refractivity contribution in [1.29, 1.82) is 0 Å². The lowest BCUT2D eigenvalue weighted by Gasteiger charge is -2.49. The largest absolute Gasteiger partial charge is 0.479 e. The number of amides is 2. The van der Waals surface area contributed by atoms with Crippen molar-refractivity contribution in [1.82, 2.24) is 10.6 Å². The van der Waals surface area contributed by atoms with Crippen LogP contribution in [0, 0.1) is 17.8 Å². The molecule has 2 saturated carbocycles. The van der Waals surface area contributed by atoms with E-state index in [-0.39, 0.29) is 43.7 Å². The van der Waals surface area contributed by atoms with Gasteiger partial charge in [0, 0.05) is 25.9 Å². The lowest BCUT2D eigenvalue weighted by molar-refractivity contribution is -0.338. The molecule has 0 spiro atoms. The number of nitrogens with two attached hydrogens (primary N) is 1. The predicted molar refractivity (Wildman–Crippen MR) is 178 cm³/mol. The topological polar surface area (TPSA) is 269 Å². The van der Waals surface area contributed by atoms with Crippen molar-refractivity contribution in [3.05, 3.63) is 0 Å². The van der Waals surface area contributed by atoms with Crippen molar-refractivity contribution in [3.8, 4) is 0 Å². The van der Waals surface area contributed by atoms with E-state index in [0.29, 0.717) is 12.8 Å². The van der Waals surface area contributed by atoms with Gasteiger partial charge in [0.25, 0.3) is 0 Å². The first kappa shape index (κ1) is 41.7. The van der Waals surface area contributed by atoms with E-state index in [9.17, 15) is 45.0 Å². The number of nitrogens with one attached hydrogen (secondary N) is 2. The van der Waals surface area contributed by atoms with Crippen molar-refractivity contribution in [3.63, 3.8) is 0 Å². The number of hydrogen-bond acceptors (Lipinski definition) is 14. The zero-order valence-corrected chi connectivity index (χ0v) is 29.7. The molecule has 294 valence electrons. The third-order valence-electron chi connectivity index (χ3n) is 10.8. The van der Waals surface area contributed by atoms with E-state index < -0.39 is 104 Å². The molecule has 2 aliphatic heterocycles. The minimum atomic E-state index is -1.62. The van der Waals surface area contributed by atoms with Gasteiger partial charge >= 0.3 is 5.97 Å². The first-order valence-electron chi connectivity index (χ1n) is 18.4. The van der Waals surface area contributed by atoms with Crippen molar-refractivity contribution < 1.29 is 68.7 Å². The molecule has 10 N–H and O–H groups in total. The third-order valence-corrected chi connectivity index (χ3v) is 10.8. The Morgan fingerprint density at radius 2 is 1.63 bits per heavy atom. The van der Waals surface area contributed by atoms with Gasteiger partial charge in [0.1, 0.15) is 42.7 Å². The number of ether oxygens (including phenoxy) is 5. The van der Waals surface area contributed by atoms with E-state index in [0.717, 1.165) is 32.1 Å². The summed E-state index contributed by atoms with van der Waals surface area (Å²) in [5.41, 5.74) is 5.62. The molecule has 51 heavy (non-hydrogen) atoms. The van der Waals surface area contributed by atoms with Gasteiger partial charge in [-0.1, -0.05) is 45.4 Å². The summed E-state index contributed by atoms with van der Waals surface area (Å²) in [7, 11) is 0. The Kier molecular flexibility index (Phi) is 15.8. The summed E-state index contributed by atoms with van der Waals surface area (Å²) < 4.78 is 30.8. The highest BCUT2D eigenvalue weighted by Gasteiger charge is 2.52. The maximum absolute atomic E-state index is 13.3. The summed E-state index contributed by atoms with van der Waals surface area (Å²) in [5, 5.41) is 68.8. The number of aliphatic hydroxyl groups excluding tert-OH is 5. The summed E-state index contributed by atoms with van der Waals surface area (Å²) in [6.45, 7) is 4.41. The summed E-state index contributed by atoms with van der Waals surface area (Å²) in [6, 6.07) is -1.27. The highest BCUT2D eigenvalue weighted by Crippen LogP contribution is 2.40. The molecular weight excluding hydrogens is 674 g/mol. The van der Waals surface area contributed by atoms with Gasteiger partial charge in [-0.3, -0.25) is 9.59 Å². The van der Waals surface area contributed by atoms with Crippen LogP contribution >= 0.6 is 0 Å². The molecule has 4 aliphatic rings. The van der Waals surface area contributed by atoms with Crippen LogP contribution < -0.4 is 16.4 Å². The molecule has 2 heterocycles. The Morgan fingerprint density at radius 1 is 0.922 bits per heavy atom. The van der Waals surface area contributed by atoms with Gasteiger partial charge < -0.3 is 70.7 Å². The van der Waals surface area contributed by atoms with Gasteiger partial charge in [-0.25, -0.2) is 4.79 Å². The maximum atomic E-state index is 13.3. The van der Waals surface area contributed by atoms with E-state index >= 15 is 0 Å².